The number of hydrogen-bond acceptors (Lipinski definition) is 6. The van der Waals surface area contributed by atoms with Crippen LogP contribution < -0.4 is 9.64 Å². The van der Waals surface area contributed by atoms with Gasteiger partial charge >= 0.3 is 0 Å². The number of aliphatic hydroxyl groups excluding tert-OH is 1. The zero-order valence-corrected chi connectivity index (χ0v) is 23.4. The van der Waals surface area contributed by atoms with Crippen molar-refractivity contribution >= 4 is 23.4 Å². The zero-order valence-electron chi connectivity index (χ0n) is 23.4. The maximum Gasteiger partial charge on any atom is 0.253 e. The van der Waals surface area contributed by atoms with Crippen LogP contribution in [0.4, 0.5) is 5.69 Å². The highest BCUT2D eigenvalue weighted by Crippen LogP contribution is 2.59. The van der Waals surface area contributed by atoms with Gasteiger partial charge in [-0.15, -0.1) is 13.2 Å². The lowest BCUT2D eigenvalue weighted by Gasteiger charge is -2.39. The first-order chi connectivity index (χ1) is 18.6. The van der Waals surface area contributed by atoms with E-state index in [1.807, 2.05) is 13.8 Å². The standard InChI is InChI=1S/C30H41N3O6/c1-7-15-31(5)27(35)24-23-13-14-30(39-23)25(24)28(36)33(21(18-34)17-19(3)4)26(30)29(37)32(16-8-2)20-9-11-22(38-6)12-10-20/h7-12,19,21,23-26,34H,1-2,13-18H2,3-6H3/t21-,23-,24+,25+,26?,30?/m1/s1. The van der Waals surface area contributed by atoms with Crippen molar-refractivity contribution in [2.45, 2.75) is 56.9 Å². The second kappa shape index (κ2) is 11.5. The molecule has 4 rings (SSSR count). The van der Waals surface area contributed by atoms with Crippen molar-refractivity contribution < 1.29 is 29.0 Å². The molecule has 212 valence electrons. The van der Waals surface area contributed by atoms with Crippen LogP contribution in [-0.2, 0) is 19.1 Å². The van der Waals surface area contributed by atoms with Crippen LogP contribution in [0.5, 0.6) is 5.75 Å². The van der Waals surface area contributed by atoms with Crippen LogP contribution in [0, 0.1) is 17.8 Å². The number of rotatable bonds is 12. The fraction of sp³-hybridized carbons (Fsp3) is 0.567. The number of carbonyl (C=O) groups excluding carboxylic acids is 3. The van der Waals surface area contributed by atoms with E-state index in [4.69, 9.17) is 9.47 Å². The molecule has 3 fully saturated rings. The summed E-state index contributed by atoms with van der Waals surface area (Å²) >= 11 is 0. The molecule has 39 heavy (non-hydrogen) atoms. The minimum absolute atomic E-state index is 0.169. The van der Waals surface area contributed by atoms with Crippen molar-refractivity contribution in [3.8, 4) is 5.75 Å². The van der Waals surface area contributed by atoms with E-state index >= 15 is 0 Å². The first-order valence-corrected chi connectivity index (χ1v) is 13.7. The van der Waals surface area contributed by atoms with Gasteiger partial charge in [0.1, 0.15) is 17.4 Å². The predicted octanol–water partition coefficient (Wildman–Crippen LogP) is 2.64. The van der Waals surface area contributed by atoms with Crippen molar-refractivity contribution in [2.75, 3.05) is 38.8 Å². The van der Waals surface area contributed by atoms with E-state index < -0.39 is 35.6 Å². The van der Waals surface area contributed by atoms with Crippen LogP contribution in [0.2, 0.25) is 0 Å². The number of anilines is 1. The summed E-state index contributed by atoms with van der Waals surface area (Å²) in [5.74, 6) is -1.46. The molecule has 6 atom stereocenters. The number of carbonyl (C=O) groups is 3. The molecule has 2 unspecified atom stereocenters. The fourth-order valence-electron chi connectivity index (χ4n) is 6.77. The molecule has 1 spiro atoms. The zero-order chi connectivity index (χ0) is 28.5. The topological polar surface area (TPSA) is 99.6 Å². The smallest absolute Gasteiger partial charge is 0.253 e. The molecule has 1 aromatic rings. The summed E-state index contributed by atoms with van der Waals surface area (Å²) in [7, 11) is 3.26. The number of benzene rings is 1. The summed E-state index contributed by atoms with van der Waals surface area (Å²) in [5, 5.41) is 10.5. The minimum atomic E-state index is -1.15. The lowest BCUT2D eigenvalue weighted by atomic mass is 9.70. The molecular formula is C30H41N3O6. The summed E-state index contributed by atoms with van der Waals surface area (Å²) < 4.78 is 11.9. The van der Waals surface area contributed by atoms with Gasteiger partial charge in [0.25, 0.3) is 5.91 Å². The number of nitrogens with zero attached hydrogens (tertiary/aromatic N) is 3. The molecule has 3 amide bonds. The van der Waals surface area contributed by atoms with Crippen molar-refractivity contribution in [1.82, 2.24) is 9.80 Å². The third-order valence-corrected chi connectivity index (χ3v) is 8.35. The molecule has 1 aromatic carbocycles. The van der Waals surface area contributed by atoms with Crippen LogP contribution >= 0.6 is 0 Å². The summed E-state index contributed by atoms with van der Waals surface area (Å²) in [6.07, 6.45) is 4.42. The molecule has 3 heterocycles. The highest BCUT2D eigenvalue weighted by Gasteiger charge is 2.75. The van der Waals surface area contributed by atoms with Gasteiger partial charge in [-0.1, -0.05) is 26.0 Å². The lowest BCUT2D eigenvalue weighted by Crippen LogP contribution is -2.59. The Labute approximate surface area is 231 Å². The van der Waals surface area contributed by atoms with Gasteiger partial charge < -0.3 is 29.3 Å². The number of ether oxygens (including phenoxy) is 2. The van der Waals surface area contributed by atoms with E-state index in [-0.39, 0.29) is 36.8 Å². The SMILES string of the molecule is C=CCN(C)C(=O)[C@@H]1[C@H]2C(=O)N([C@@H](CO)CC(C)C)C(C(=O)N(CC=C)c3ccc(OC)cc3)C23CC[C@H]1O3. The molecule has 2 bridgehead atoms. The number of likely N-dealkylation sites (tertiary alicyclic amines) is 1. The first kappa shape index (κ1) is 28.8. The van der Waals surface area contributed by atoms with Gasteiger partial charge in [0.2, 0.25) is 11.8 Å². The van der Waals surface area contributed by atoms with Gasteiger partial charge in [-0.2, -0.15) is 0 Å². The molecule has 3 aliphatic heterocycles. The molecule has 0 aliphatic carbocycles. The van der Waals surface area contributed by atoms with Gasteiger partial charge in [-0.25, -0.2) is 0 Å². The van der Waals surface area contributed by atoms with E-state index in [0.29, 0.717) is 37.2 Å². The predicted molar refractivity (Wildman–Crippen MR) is 148 cm³/mol. The van der Waals surface area contributed by atoms with E-state index in [1.165, 1.54) is 0 Å². The monoisotopic (exact) mass is 539 g/mol. The Balaban J connectivity index is 1.81. The molecule has 0 radical (unpaired) electrons. The lowest BCUT2D eigenvalue weighted by molar-refractivity contribution is -0.147. The summed E-state index contributed by atoms with van der Waals surface area (Å²) in [5.41, 5.74) is -0.520. The fourth-order valence-corrected chi connectivity index (χ4v) is 6.77. The van der Waals surface area contributed by atoms with Crippen molar-refractivity contribution in [1.29, 1.82) is 0 Å². The number of hydrogen-bond donors (Lipinski definition) is 1. The van der Waals surface area contributed by atoms with Gasteiger partial charge in [-0.05, 0) is 49.4 Å². The molecule has 3 aliphatic rings. The Morgan fingerprint density at radius 3 is 2.44 bits per heavy atom. The quantitative estimate of drug-likeness (QED) is 0.410. The van der Waals surface area contributed by atoms with Crippen LogP contribution in [0.1, 0.15) is 33.1 Å². The number of fused-ring (bicyclic) bond motifs is 1. The average Bonchev–Trinajstić information content (AvgIpc) is 3.57. The van der Waals surface area contributed by atoms with E-state index in [2.05, 4.69) is 13.2 Å². The van der Waals surface area contributed by atoms with E-state index in [1.54, 1.807) is 65.3 Å². The average molecular weight is 540 g/mol. The van der Waals surface area contributed by atoms with Crippen LogP contribution in [0.25, 0.3) is 0 Å². The maximum atomic E-state index is 14.6. The Morgan fingerprint density at radius 2 is 1.87 bits per heavy atom. The van der Waals surface area contributed by atoms with Gasteiger partial charge in [0.05, 0.1) is 37.7 Å². The maximum absolute atomic E-state index is 14.6. The normalized spacial score (nSPS) is 27.8. The minimum Gasteiger partial charge on any atom is -0.497 e. The molecular weight excluding hydrogens is 498 g/mol. The molecule has 0 aromatic heterocycles. The highest BCUT2D eigenvalue weighted by molar-refractivity contribution is 6.05. The number of likely N-dealkylation sites (N-methyl/N-ethyl adjacent to an activating group) is 1. The molecule has 1 N–H and O–H groups in total. The Kier molecular flexibility index (Phi) is 8.51. The van der Waals surface area contributed by atoms with E-state index in [9.17, 15) is 19.5 Å². The second-order valence-corrected chi connectivity index (χ2v) is 11.2. The Hall–Kier alpha value is -3.17. The van der Waals surface area contributed by atoms with Crippen LogP contribution in [-0.4, -0.2) is 90.3 Å². The van der Waals surface area contributed by atoms with Crippen molar-refractivity contribution in [3.63, 3.8) is 0 Å². The molecule has 3 saturated heterocycles. The highest BCUT2D eigenvalue weighted by atomic mass is 16.5. The number of methoxy groups -OCH3 is 1. The molecule has 0 saturated carbocycles. The summed E-state index contributed by atoms with van der Waals surface area (Å²) in [6, 6.07) is 5.55. The summed E-state index contributed by atoms with van der Waals surface area (Å²) in [4.78, 5) is 47.2. The third-order valence-electron chi connectivity index (χ3n) is 8.35. The Morgan fingerprint density at radius 1 is 1.21 bits per heavy atom. The van der Waals surface area contributed by atoms with Crippen LogP contribution in [0.3, 0.4) is 0 Å². The van der Waals surface area contributed by atoms with Gasteiger partial charge in [0, 0.05) is 25.8 Å². The molecule has 9 nitrogen and oxygen atoms in total. The summed E-state index contributed by atoms with van der Waals surface area (Å²) in [6.45, 7) is 11.9. The van der Waals surface area contributed by atoms with Crippen LogP contribution in [0.15, 0.2) is 49.6 Å². The van der Waals surface area contributed by atoms with Crippen molar-refractivity contribution in [3.05, 3.63) is 49.6 Å². The van der Waals surface area contributed by atoms with Crippen molar-refractivity contribution in [2.24, 2.45) is 17.8 Å². The van der Waals surface area contributed by atoms with Gasteiger partial charge in [0.15, 0.2) is 0 Å². The second-order valence-electron chi connectivity index (χ2n) is 11.2. The first-order valence-electron chi connectivity index (χ1n) is 13.7. The number of aliphatic hydroxyl groups is 1. The third kappa shape index (κ3) is 4.87. The number of amides is 3. The molecule has 9 heteroatoms. The Bertz CT molecular complexity index is 1100. The van der Waals surface area contributed by atoms with E-state index in [0.717, 1.165) is 0 Å². The van der Waals surface area contributed by atoms with Gasteiger partial charge in [-0.3, -0.25) is 14.4 Å². The largest absolute Gasteiger partial charge is 0.497 e.